The van der Waals surface area contributed by atoms with Gasteiger partial charge in [0.1, 0.15) is 12.3 Å². The van der Waals surface area contributed by atoms with Gasteiger partial charge in [-0.1, -0.05) is 18.2 Å². The quantitative estimate of drug-likeness (QED) is 0.283. The molecule has 0 saturated heterocycles. The van der Waals surface area contributed by atoms with Gasteiger partial charge in [0.25, 0.3) is 21.6 Å². The van der Waals surface area contributed by atoms with Gasteiger partial charge in [-0.25, -0.2) is 13.8 Å². The van der Waals surface area contributed by atoms with E-state index < -0.39 is 27.4 Å². The first-order valence-corrected chi connectivity index (χ1v) is 11.5. The van der Waals surface area contributed by atoms with Crippen LogP contribution in [0.2, 0.25) is 0 Å². The summed E-state index contributed by atoms with van der Waals surface area (Å²) in [6.07, 6.45) is 0. The van der Waals surface area contributed by atoms with Crippen LogP contribution in [0, 0.1) is 10.1 Å². The lowest BCUT2D eigenvalue weighted by Gasteiger charge is -2.24. The lowest BCUT2D eigenvalue weighted by molar-refractivity contribution is -0.384. The number of non-ortho nitro benzene ring substituents is 1. The van der Waals surface area contributed by atoms with Crippen molar-refractivity contribution in [3.63, 3.8) is 0 Å². The smallest absolute Gasteiger partial charge is 0.269 e. The minimum Gasteiger partial charge on any atom is -0.497 e. The van der Waals surface area contributed by atoms with Gasteiger partial charge < -0.3 is 4.74 Å². The maximum atomic E-state index is 13.3. The molecule has 0 fully saturated rings. The van der Waals surface area contributed by atoms with Crippen LogP contribution < -0.4 is 14.5 Å². The lowest BCUT2D eigenvalue weighted by atomic mass is 10.1. The van der Waals surface area contributed by atoms with Crippen molar-refractivity contribution < 1.29 is 22.9 Å². The Morgan fingerprint density at radius 1 is 1.03 bits per heavy atom. The second kappa shape index (κ2) is 10.6. The van der Waals surface area contributed by atoms with Gasteiger partial charge in [-0.3, -0.25) is 19.2 Å². The van der Waals surface area contributed by atoms with Crippen molar-refractivity contribution in [2.24, 2.45) is 5.10 Å². The van der Waals surface area contributed by atoms with E-state index in [1.54, 1.807) is 37.3 Å². The normalized spacial score (nSPS) is 11.5. The van der Waals surface area contributed by atoms with Crippen LogP contribution in [-0.2, 0) is 14.8 Å². The van der Waals surface area contributed by atoms with E-state index in [0.29, 0.717) is 17.0 Å². The largest absolute Gasteiger partial charge is 0.497 e. The standard InChI is InChI=1S/C23H22N4O6S/c1-17(18-8-10-20(11-9-18)27(29)30)24-25-23(28)16-26(19-12-14-21(33-2)15-13-19)34(31,32)22-6-4-3-5-7-22/h3-15H,16H2,1-2H3,(H,25,28)/b24-17-. The number of anilines is 1. The molecule has 0 aromatic heterocycles. The summed E-state index contributed by atoms with van der Waals surface area (Å²) in [5.41, 5.74) is 3.51. The number of hydrogen-bond acceptors (Lipinski definition) is 7. The van der Waals surface area contributed by atoms with E-state index in [4.69, 9.17) is 4.74 Å². The number of nitrogens with one attached hydrogen (secondary N) is 1. The molecule has 0 aliphatic heterocycles. The fourth-order valence-electron chi connectivity index (χ4n) is 2.98. The van der Waals surface area contributed by atoms with Gasteiger partial charge in [-0.15, -0.1) is 0 Å². The summed E-state index contributed by atoms with van der Waals surface area (Å²) in [7, 11) is -2.56. The van der Waals surface area contributed by atoms with E-state index in [1.165, 1.54) is 55.6 Å². The van der Waals surface area contributed by atoms with Crippen LogP contribution in [0.3, 0.4) is 0 Å². The Hall–Kier alpha value is -4.25. The van der Waals surface area contributed by atoms with E-state index in [-0.39, 0.29) is 16.3 Å². The highest BCUT2D eigenvalue weighted by Crippen LogP contribution is 2.25. The Morgan fingerprint density at radius 2 is 1.65 bits per heavy atom. The van der Waals surface area contributed by atoms with Gasteiger partial charge >= 0.3 is 0 Å². The molecule has 1 N–H and O–H groups in total. The summed E-state index contributed by atoms with van der Waals surface area (Å²) in [4.78, 5) is 23.0. The molecule has 3 aromatic carbocycles. The number of carbonyl (C=O) groups is 1. The lowest BCUT2D eigenvalue weighted by Crippen LogP contribution is -2.39. The van der Waals surface area contributed by atoms with E-state index in [1.807, 2.05) is 0 Å². The van der Waals surface area contributed by atoms with Crippen molar-refractivity contribution in [3.8, 4) is 5.75 Å². The van der Waals surface area contributed by atoms with Gasteiger partial charge in [0.2, 0.25) is 0 Å². The fraction of sp³-hybridized carbons (Fsp3) is 0.130. The fourth-order valence-corrected chi connectivity index (χ4v) is 4.43. The molecule has 3 rings (SSSR count). The minimum absolute atomic E-state index is 0.0316. The molecule has 0 heterocycles. The molecule has 10 nitrogen and oxygen atoms in total. The average Bonchev–Trinajstić information content (AvgIpc) is 2.86. The van der Waals surface area contributed by atoms with E-state index in [0.717, 1.165) is 4.31 Å². The molecule has 0 radical (unpaired) electrons. The Labute approximate surface area is 196 Å². The number of amides is 1. The van der Waals surface area contributed by atoms with Gasteiger partial charge in [-0.2, -0.15) is 5.10 Å². The molecule has 176 valence electrons. The van der Waals surface area contributed by atoms with Crippen molar-refractivity contribution in [3.05, 3.63) is 94.5 Å². The summed E-state index contributed by atoms with van der Waals surface area (Å²) in [5.74, 6) is -0.134. The van der Waals surface area contributed by atoms with Gasteiger partial charge in [0.05, 0.1) is 28.3 Å². The number of hydrazone groups is 1. The first kappa shape index (κ1) is 24.4. The number of benzene rings is 3. The highest BCUT2D eigenvalue weighted by atomic mass is 32.2. The maximum absolute atomic E-state index is 13.3. The van der Waals surface area contributed by atoms with E-state index in [9.17, 15) is 23.3 Å². The van der Waals surface area contributed by atoms with Crippen molar-refractivity contribution in [2.75, 3.05) is 18.0 Å². The molecule has 0 unspecified atom stereocenters. The number of carbonyl (C=O) groups excluding carboxylic acids is 1. The molecule has 0 aliphatic rings. The predicted octanol–water partition coefficient (Wildman–Crippen LogP) is 3.34. The number of hydrogen-bond donors (Lipinski definition) is 1. The number of rotatable bonds is 9. The van der Waals surface area contributed by atoms with Crippen LogP contribution >= 0.6 is 0 Å². The molecule has 0 bridgehead atoms. The zero-order valence-corrected chi connectivity index (χ0v) is 19.2. The first-order valence-electron chi connectivity index (χ1n) is 10.0. The van der Waals surface area contributed by atoms with Gasteiger partial charge in [0.15, 0.2) is 0 Å². The summed E-state index contributed by atoms with van der Waals surface area (Å²) < 4.78 is 32.7. The maximum Gasteiger partial charge on any atom is 0.269 e. The molecule has 0 atom stereocenters. The molecule has 0 spiro atoms. The summed E-state index contributed by atoms with van der Waals surface area (Å²) in [5, 5.41) is 14.8. The number of nitro groups is 1. The summed E-state index contributed by atoms with van der Waals surface area (Å²) >= 11 is 0. The summed E-state index contributed by atoms with van der Waals surface area (Å²) in [6.45, 7) is 1.09. The number of sulfonamides is 1. The van der Waals surface area contributed by atoms with Crippen LogP contribution in [-0.4, -0.2) is 38.6 Å². The molecule has 0 aliphatic carbocycles. The van der Waals surface area contributed by atoms with E-state index in [2.05, 4.69) is 10.5 Å². The molecule has 3 aromatic rings. The Balaban J connectivity index is 1.83. The Morgan fingerprint density at radius 3 is 2.21 bits per heavy atom. The Bertz CT molecular complexity index is 1290. The zero-order chi connectivity index (χ0) is 24.7. The van der Waals surface area contributed by atoms with Crippen LogP contribution in [0.4, 0.5) is 11.4 Å². The first-order chi connectivity index (χ1) is 16.2. The second-order valence-electron chi connectivity index (χ2n) is 7.06. The van der Waals surface area contributed by atoms with Crippen molar-refractivity contribution in [2.45, 2.75) is 11.8 Å². The van der Waals surface area contributed by atoms with Crippen molar-refractivity contribution in [1.29, 1.82) is 0 Å². The van der Waals surface area contributed by atoms with Crippen LogP contribution in [0.5, 0.6) is 5.75 Å². The molecule has 11 heteroatoms. The van der Waals surface area contributed by atoms with Crippen molar-refractivity contribution in [1.82, 2.24) is 5.43 Å². The van der Waals surface area contributed by atoms with E-state index >= 15 is 0 Å². The van der Waals surface area contributed by atoms with Crippen LogP contribution in [0.1, 0.15) is 12.5 Å². The molecule has 34 heavy (non-hydrogen) atoms. The summed E-state index contributed by atoms with van der Waals surface area (Å²) in [6, 6.07) is 19.7. The zero-order valence-electron chi connectivity index (χ0n) is 18.4. The molecular weight excluding hydrogens is 460 g/mol. The monoisotopic (exact) mass is 482 g/mol. The average molecular weight is 483 g/mol. The third kappa shape index (κ3) is 5.75. The highest BCUT2D eigenvalue weighted by molar-refractivity contribution is 7.92. The third-order valence-electron chi connectivity index (χ3n) is 4.82. The topological polar surface area (TPSA) is 131 Å². The minimum atomic E-state index is -4.05. The second-order valence-corrected chi connectivity index (χ2v) is 8.92. The van der Waals surface area contributed by atoms with Crippen LogP contribution in [0.25, 0.3) is 0 Å². The highest BCUT2D eigenvalue weighted by Gasteiger charge is 2.27. The molecule has 0 saturated carbocycles. The van der Waals surface area contributed by atoms with Crippen LogP contribution in [0.15, 0.2) is 88.9 Å². The SMILES string of the molecule is COc1ccc(N(CC(=O)N/N=C(/C)c2ccc([N+](=O)[O-])cc2)S(=O)(=O)c2ccccc2)cc1. The van der Waals surface area contributed by atoms with Gasteiger partial charge in [0, 0.05) is 12.1 Å². The predicted molar refractivity (Wildman–Crippen MR) is 127 cm³/mol. The third-order valence-corrected chi connectivity index (χ3v) is 6.61. The molecule has 1 amide bonds. The number of ether oxygens (including phenoxy) is 1. The Kier molecular flexibility index (Phi) is 7.59. The number of nitrogens with zero attached hydrogens (tertiary/aromatic N) is 3. The van der Waals surface area contributed by atoms with Gasteiger partial charge in [-0.05, 0) is 61.0 Å². The molecular formula is C23H22N4O6S. The number of nitro benzene ring substituents is 1. The number of methoxy groups -OCH3 is 1. The van der Waals surface area contributed by atoms with Crippen molar-refractivity contribution >= 4 is 33.0 Å².